The van der Waals surface area contributed by atoms with Crippen molar-refractivity contribution in [2.75, 3.05) is 45.2 Å². The number of carbonyl (C=O) groups excluding carboxylic acids is 2. The van der Waals surface area contributed by atoms with Crippen LogP contribution in [0, 0.1) is 18.3 Å². The molecule has 0 saturated carbocycles. The number of fused-ring (bicyclic) bond motifs is 1. The van der Waals surface area contributed by atoms with Crippen LogP contribution in [0.15, 0.2) is 41.1 Å². The van der Waals surface area contributed by atoms with Crippen molar-refractivity contribution in [3.63, 3.8) is 0 Å². The Labute approximate surface area is 206 Å². The molecule has 2 aliphatic heterocycles. The molecule has 0 radical (unpaired) electrons. The minimum Gasteiger partial charge on any atom is -0.475 e. The number of furan rings is 1. The molecule has 0 aromatic carbocycles. The highest BCUT2D eigenvalue weighted by Crippen LogP contribution is 2.45. The number of pyridine rings is 1. The summed E-state index contributed by atoms with van der Waals surface area (Å²) in [5.74, 6) is -1.38. The van der Waals surface area contributed by atoms with Gasteiger partial charge in [0.05, 0.1) is 11.7 Å². The lowest BCUT2D eigenvalue weighted by Crippen LogP contribution is -2.47. The van der Waals surface area contributed by atoms with Crippen molar-refractivity contribution in [3.05, 3.63) is 48.0 Å². The Hall–Kier alpha value is -3.57. The van der Waals surface area contributed by atoms with E-state index in [1.165, 1.54) is 0 Å². The summed E-state index contributed by atoms with van der Waals surface area (Å²) in [6, 6.07) is 7.65. The molecule has 0 unspecified atom stereocenters. The second-order valence-electron chi connectivity index (χ2n) is 9.21. The minimum absolute atomic E-state index is 0.0427. The Morgan fingerprint density at radius 3 is 2.42 bits per heavy atom. The van der Waals surface area contributed by atoms with E-state index in [1.807, 2.05) is 50.2 Å². The maximum absolute atomic E-state index is 13.3. The summed E-state index contributed by atoms with van der Waals surface area (Å²) in [4.78, 5) is 45.6. The van der Waals surface area contributed by atoms with Crippen LogP contribution in [0.1, 0.15) is 29.0 Å². The first-order valence-corrected chi connectivity index (χ1v) is 11.4. The summed E-state index contributed by atoms with van der Waals surface area (Å²) in [5, 5.41) is 7.12. The third kappa shape index (κ3) is 5.63. The molecule has 2 saturated heterocycles. The predicted molar refractivity (Wildman–Crippen MR) is 123 cm³/mol. The Kier molecular flexibility index (Phi) is 7.95. The SMILES string of the molecule is Cc1ccoc1C(=O)N1CCC[C@]2(C(=O)N(C)C)CN(c3ccccn3)C[C@@H]2C1.O=C(O)C(F)(F)F. The number of amides is 2. The maximum atomic E-state index is 13.3. The van der Waals surface area contributed by atoms with Crippen LogP contribution in [0.4, 0.5) is 19.0 Å². The molecule has 36 heavy (non-hydrogen) atoms. The number of halogens is 3. The van der Waals surface area contributed by atoms with Gasteiger partial charge < -0.3 is 24.2 Å². The van der Waals surface area contributed by atoms with Gasteiger partial charge in [-0.25, -0.2) is 9.78 Å². The fourth-order valence-corrected chi connectivity index (χ4v) is 4.86. The molecule has 4 heterocycles. The van der Waals surface area contributed by atoms with E-state index in [1.54, 1.807) is 17.4 Å². The third-order valence-electron chi connectivity index (χ3n) is 6.58. The topological polar surface area (TPSA) is 107 Å². The number of hydrogen-bond donors (Lipinski definition) is 1. The zero-order valence-corrected chi connectivity index (χ0v) is 20.3. The zero-order valence-electron chi connectivity index (χ0n) is 20.3. The van der Waals surface area contributed by atoms with Gasteiger partial charge in [0.15, 0.2) is 5.76 Å². The maximum Gasteiger partial charge on any atom is 0.490 e. The van der Waals surface area contributed by atoms with Gasteiger partial charge in [-0.2, -0.15) is 13.2 Å². The van der Waals surface area contributed by atoms with Crippen molar-refractivity contribution >= 4 is 23.6 Å². The molecule has 2 aliphatic rings. The second kappa shape index (κ2) is 10.6. The highest BCUT2D eigenvalue weighted by atomic mass is 19.4. The van der Waals surface area contributed by atoms with Crippen molar-refractivity contribution in [2.45, 2.75) is 25.9 Å². The Morgan fingerprint density at radius 1 is 1.19 bits per heavy atom. The van der Waals surface area contributed by atoms with Crippen LogP contribution in [0.25, 0.3) is 0 Å². The van der Waals surface area contributed by atoms with Crippen LogP contribution in [0.5, 0.6) is 0 Å². The van der Waals surface area contributed by atoms with Gasteiger partial charge in [-0.05, 0) is 38.0 Å². The Bertz CT molecular complexity index is 1090. The van der Waals surface area contributed by atoms with Crippen molar-refractivity contribution in [1.82, 2.24) is 14.8 Å². The second-order valence-corrected chi connectivity index (χ2v) is 9.21. The van der Waals surface area contributed by atoms with E-state index in [4.69, 9.17) is 14.3 Å². The lowest BCUT2D eigenvalue weighted by atomic mass is 9.74. The average Bonchev–Trinajstić information content (AvgIpc) is 3.37. The molecule has 4 rings (SSSR count). The van der Waals surface area contributed by atoms with E-state index in [-0.39, 0.29) is 17.7 Å². The first-order chi connectivity index (χ1) is 16.9. The number of carboxylic acid groups (broad SMARTS) is 1. The molecule has 0 aliphatic carbocycles. The monoisotopic (exact) mass is 510 g/mol. The fraction of sp³-hybridized carbons (Fsp3) is 0.500. The molecule has 0 spiro atoms. The van der Waals surface area contributed by atoms with Crippen molar-refractivity contribution in [2.24, 2.45) is 11.3 Å². The summed E-state index contributed by atoms with van der Waals surface area (Å²) in [6.45, 7) is 4.40. The molecular formula is C24H29F3N4O5. The van der Waals surface area contributed by atoms with Crippen LogP contribution in [0.3, 0.4) is 0 Å². The number of aryl methyl sites for hydroxylation is 1. The summed E-state index contributed by atoms with van der Waals surface area (Å²) in [7, 11) is 3.63. The van der Waals surface area contributed by atoms with E-state index in [0.717, 1.165) is 24.2 Å². The number of anilines is 1. The fourth-order valence-electron chi connectivity index (χ4n) is 4.86. The smallest absolute Gasteiger partial charge is 0.475 e. The van der Waals surface area contributed by atoms with Gasteiger partial charge in [0.25, 0.3) is 5.91 Å². The van der Waals surface area contributed by atoms with Gasteiger partial charge in [0.1, 0.15) is 5.82 Å². The van der Waals surface area contributed by atoms with E-state index in [9.17, 15) is 22.8 Å². The Balaban J connectivity index is 0.000000454. The van der Waals surface area contributed by atoms with Crippen molar-refractivity contribution in [3.8, 4) is 0 Å². The quantitative estimate of drug-likeness (QED) is 0.676. The summed E-state index contributed by atoms with van der Waals surface area (Å²) in [5.41, 5.74) is 0.338. The normalized spacial score (nSPS) is 21.7. The van der Waals surface area contributed by atoms with Crippen LogP contribution >= 0.6 is 0 Å². The van der Waals surface area contributed by atoms with Crippen molar-refractivity contribution < 1.29 is 37.1 Å². The predicted octanol–water partition coefficient (Wildman–Crippen LogP) is 3.06. The highest BCUT2D eigenvalue weighted by molar-refractivity contribution is 5.93. The average molecular weight is 511 g/mol. The van der Waals surface area contributed by atoms with Crippen molar-refractivity contribution in [1.29, 1.82) is 0 Å². The van der Waals surface area contributed by atoms with Crippen LogP contribution in [-0.2, 0) is 9.59 Å². The van der Waals surface area contributed by atoms with E-state index >= 15 is 0 Å². The van der Waals surface area contributed by atoms with Gasteiger partial charge in [-0.1, -0.05) is 6.07 Å². The number of alkyl halides is 3. The molecule has 0 bridgehead atoms. The largest absolute Gasteiger partial charge is 0.490 e. The number of rotatable bonds is 3. The number of aliphatic carboxylic acids is 1. The minimum atomic E-state index is -5.08. The molecule has 2 aromatic heterocycles. The van der Waals surface area contributed by atoms with E-state index in [0.29, 0.717) is 31.9 Å². The number of likely N-dealkylation sites (tertiary alicyclic amines) is 1. The number of carboxylic acids is 1. The molecule has 12 heteroatoms. The molecule has 2 amide bonds. The van der Waals surface area contributed by atoms with Gasteiger partial charge in [0.2, 0.25) is 5.91 Å². The lowest BCUT2D eigenvalue weighted by molar-refractivity contribution is -0.192. The summed E-state index contributed by atoms with van der Waals surface area (Å²) >= 11 is 0. The third-order valence-corrected chi connectivity index (χ3v) is 6.58. The van der Waals surface area contributed by atoms with E-state index < -0.39 is 17.6 Å². The molecule has 196 valence electrons. The molecule has 2 fully saturated rings. The van der Waals surface area contributed by atoms with Gasteiger partial charge >= 0.3 is 12.1 Å². The number of hydrogen-bond acceptors (Lipinski definition) is 6. The molecule has 2 atom stereocenters. The van der Waals surface area contributed by atoms with Crippen LogP contribution < -0.4 is 4.90 Å². The summed E-state index contributed by atoms with van der Waals surface area (Å²) in [6.07, 6.45) is -0.200. The lowest BCUT2D eigenvalue weighted by Gasteiger charge is -2.34. The zero-order chi connectivity index (χ0) is 26.7. The Morgan fingerprint density at radius 2 is 1.89 bits per heavy atom. The first-order valence-electron chi connectivity index (χ1n) is 11.4. The number of aromatic nitrogens is 1. The molecule has 9 nitrogen and oxygen atoms in total. The van der Waals surface area contributed by atoms with Crippen LogP contribution in [-0.4, -0.2) is 84.1 Å². The standard InChI is InChI=1S/C22H28N4O3.C2HF3O2/c1-16-8-12-29-19(16)20(27)25-11-6-9-22(21(28)24(2)3)15-26(14-17(22)13-25)18-7-4-5-10-23-18;3-2(4,5)1(6)7/h4-5,7-8,10,12,17H,6,9,11,13-15H2,1-3H3;(H,6,7)/t17-,22-;/m0./s1. The number of carbonyl (C=O) groups is 3. The molecule has 2 aromatic rings. The first kappa shape index (κ1) is 27.0. The van der Waals surface area contributed by atoms with Gasteiger partial charge in [0, 0.05) is 58.0 Å². The number of nitrogens with zero attached hydrogens (tertiary/aromatic N) is 4. The van der Waals surface area contributed by atoms with Gasteiger partial charge in [-0.15, -0.1) is 0 Å². The van der Waals surface area contributed by atoms with Crippen LogP contribution in [0.2, 0.25) is 0 Å². The van der Waals surface area contributed by atoms with E-state index in [2.05, 4.69) is 9.88 Å². The highest BCUT2D eigenvalue weighted by Gasteiger charge is 2.54. The van der Waals surface area contributed by atoms with Gasteiger partial charge in [-0.3, -0.25) is 9.59 Å². The molecule has 1 N–H and O–H groups in total. The molecular weight excluding hydrogens is 481 g/mol. The summed E-state index contributed by atoms with van der Waals surface area (Å²) < 4.78 is 37.2.